The topological polar surface area (TPSA) is 32.3 Å². The van der Waals surface area contributed by atoms with E-state index in [2.05, 4.69) is 17.1 Å². The largest absolute Gasteiger partial charge is 0.416 e. The number of benzene rings is 1. The van der Waals surface area contributed by atoms with Crippen LogP contribution in [0.15, 0.2) is 24.3 Å². The van der Waals surface area contributed by atoms with Gasteiger partial charge in [-0.1, -0.05) is 13.3 Å². The van der Waals surface area contributed by atoms with Gasteiger partial charge in [0.1, 0.15) is 0 Å². The lowest BCUT2D eigenvalue weighted by Crippen LogP contribution is -2.43. The number of likely N-dealkylation sites (tertiary alicyclic amines) is 1. The highest BCUT2D eigenvalue weighted by Gasteiger charge is 2.30. The fourth-order valence-electron chi connectivity index (χ4n) is 3.04. The zero-order valence-electron chi connectivity index (χ0n) is 13.3. The molecule has 1 saturated heterocycles. The standard InChI is InChI=1S/C17H23F3N2O/c1-2-15-5-3-4-11-22(15)12-10-21-16(23)13-6-8-14(9-7-13)17(18,19)20/h6-9,15H,2-5,10-12H2,1H3,(H,21,23). The van der Waals surface area contributed by atoms with Crippen molar-refractivity contribution in [1.82, 2.24) is 10.2 Å². The quantitative estimate of drug-likeness (QED) is 0.894. The summed E-state index contributed by atoms with van der Waals surface area (Å²) >= 11 is 0. The number of piperidine rings is 1. The molecule has 1 N–H and O–H groups in total. The van der Waals surface area contributed by atoms with E-state index in [0.29, 0.717) is 12.6 Å². The van der Waals surface area contributed by atoms with Crippen LogP contribution >= 0.6 is 0 Å². The first-order valence-electron chi connectivity index (χ1n) is 8.11. The molecular formula is C17H23F3N2O. The number of alkyl halides is 3. The van der Waals surface area contributed by atoms with E-state index in [4.69, 9.17) is 0 Å². The molecule has 1 aliphatic heterocycles. The Morgan fingerprint density at radius 3 is 2.57 bits per heavy atom. The zero-order chi connectivity index (χ0) is 16.9. The molecule has 0 spiro atoms. The minimum Gasteiger partial charge on any atom is -0.351 e. The van der Waals surface area contributed by atoms with E-state index in [1.165, 1.54) is 31.4 Å². The number of hydrogen-bond donors (Lipinski definition) is 1. The van der Waals surface area contributed by atoms with Crippen LogP contribution in [-0.2, 0) is 6.18 Å². The molecule has 3 nitrogen and oxygen atoms in total. The predicted octanol–water partition coefficient (Wildman–Crippen LogP) is 3.70. The molecule has 1 amide bonds. The maximum atomic E-state index is 12.5. The lowest BCUT2D eigenvalue weighted by Gasteiger charge is -2.35. The maximum Gasteiger partial charge on any atom is 0.416 e. The van der Waals surface area contributed by atoms with Crippen molar-refractivity contribution in [2.24, 2.45) is 0 Å². The number of amides is 1. The summed E-state index contributed by atoms with van der Waals surface area (Å²) in [5, 5.41) is 2.79. The molecule has 0 aromatic heterocycles. The van der Waals surface area contributed by atoms with E-state index in [0.717, 1.165) is 31.6 Å². The molecule has 128 valence electrons. The van der Waals surface area contributed by atoms with E-state index in [1.54, 1.807) is 0 Å². The van der Waals surface area contributed by atoms with Gasteiger partial charge in [0, 0.05) is 24.7 Å². The molecule has 0 aliphatic carbocycles. The summed E-state index contributed by atoms with van der Waals surface area (Å²) in [4.78, 5) is 14.4. The van der Waals surface area contributed by atoms with Crippen molar-refractivity contribution in [3.05, 3.63) is 35.4 Å². The first kappa shape index (κ1) is 17.8. The Kier molecular flexibility index (Phi) is 6.04. The summed E-state index contributed by atoms with van der Waals surface area (Å²) in [7, 11) is 0. The molecule has 1 aliphatic rings. The Morgan fingerprint density at radius 2 is 1.96 bits per heavy atom. The third kappa shape index (κ3) is 4.96. The van der Waals surface area contributed by atoms with E-state index in [-0.39, 0.29) is 11.5 Å². The molecule has 6 heteroatoms. The fraction of sp³-hybridized carbons (Fsp3) is 0.588. The van der Waals surface area contributed by atoms with Crippen molar-refractivity contribution in [3.8, 4) is 0 Å². The highest BCUT2D eigenvalue weighted by atomic mass is 19.4. The van der Waals surface area contributed by atoms with Gasteiger partial charge in [-0.25, -0.2) is 0 Å². The van der Waals surface area contributed by atoms with E-state index in [1.807, 2.05) is 0 Å². The van der Waals surface area contributed by atoms with Crippen LogP contribution in [0.2, 0.25) is 0 Å². The molecule has 1 fully saturated rings. The SMILES string of the molecule is CCC1CCCCN1CCNC(=O)c1ccc(C(F)(F)F)cc1. The Hall–Kier alpha value is -1.56. The maximum absolute atomic E-state index is 12.5. The van der Waals surface area contributed by atoms with Gasteiger partial charge in [-0.2, -0.15) is 13.2 Å². The van der Waals surface area contributed by atoms with Crippen LogP contribution in [0.3, 0.4) is 0 Å². The summed E-state index contributed by atoms with van der Waals surface area (Å²) in [6.45, 7) is 4.51. The molecule has 1 atom stereocenters. The highest BCUT2D eigenvalue weighted by molar-refractivity contribution is 5.94. The summed E-state index contributed by atoms with van der Waals surface area (Å²) in [6, 6.07) is 4.88. The van der Waals surface area contributed by atoms with Crippen LogP contribution in [-0.4, -0.2) is 36.5 Å². The van der Waals surface area contributed by atoms with Gasteiger partial charge in [0.05, 0.1) is 5.56 Å². The summed E-state index contributed by atoms with van der Waals surface area (Å²) < 4.78 is 37.5. The van der Waals surface area contributed by atoms with E-state index >= 15 is 0 Å². The van der Waals surface area contributed by atoms with Gasteiger partial charge in [-0.15, -0.1) is 0 Å². The van der Waals surface area contributed by atoms with Crippen LogP contribution in [0.5, 0.6) is 0 Å². The van der Waals surface area contributed by atoms with Gasteiger partial charge in [-0.05, 0) is 50.1 Å². The number of nitrogens with one attached hydrogen (secondary N) is 1. The van der Waals surface area contributed by atoms with Gasteiger partial charge < -0.3 is 5.32 Å². The van der Waals surface area contributed by atoms with Crippen LogP contribution < -0.4 is 5.32 Å². The second-order valence-corrected chi connectivity index (χ2v) is 5.92. The van der Waals surface area contributed by atoms with Crippen LogP contribution in [0.25, 0.3) is 0 Å². The molecular weight excluding hydrogens is 305 g/mol. The minimum absolute atomic E-state index is 0.253. The number of nitrogens with zero attached hydrogens (tertiary/aromatic N) is 1. The van der Waals surface area contributed by atoms with Gasteiger partial charge in [0.25, 0.3) is 5.91 Å². The summed E-state index contributed by atoms with van der Waals surface area (Å²) in [5.74, 6) is -0.330. The molecule has 1 unspecified atom stereocenters. The Morgan fingerprint density at radius 1 is 1.26 bits per heavy atom. The van der Waals surface area contributed by atoms with Crippen molar-refractivity contribution in [2.75, 3.05) is 19.6 Å². The van der Waals surface area contributed by atoms with Crippen molar-refractivity contribution < 1.29 is 18.0 Å². The smallest absolute Gasteiger partial charge is 0.351 e. The Labute approximate surface area is 134 Å². The van der Waals surface area contributed by atoms with Gasteiger partial charge in [0.15, 0.2) is 0 Å². The molecule has 2 rings (SSSR count). The number of hydrogen-bond acceptors (Lipinski definition) is 2. The van der Waals surface area contributed by atoms with Crippen LogP contribution in [0.4, 0.5) is 13.2 Å². The molecule has 0 saturated carbocycles. The highest BCUT2D eigenvalue weighted by Crippen LogP contribution is 2.29. The zero-order valence-corrected chi connectivity index (χ0v) is 13.3. The first-order chi connectivity index (χ1) is 10.9. The monoisotopic (exact) mass is 328 g/mol. The summed E-state index contributed by atoms with van der Waals surface area (Å²) in [6.07, 6.45) is 0.366. The molecule has 1 aromatic rings. The molecule has 1 aromatic carbocycles. The Balaban J connectivity index is 1.82. The summed E-state index contributed by atoms with van der Waals surface area (Å²) in [5.41, 5.74) is -0.489. The third-order valence-electron chi connectivity index (χ3n) is 4.38. The normalized spacial score (nSPS) is 19.6. The number of carbonyl (C=O) groups is 1. The van der Waals surface area contributed by atoms with Gasteiger partial charge in [0.2, 0.25) is 0 Å². The number of rotatable bonds is 5. The van der Waals surface area contributed by atoms with Crippen molar-refractivity contribution in [1.29, 1.82) is 0 Å². The predicted molar refractivity (Wildman–Crippen MR) is 83.3 cm³/mol. The number of halogens is 3. The number of carbonyl (C=O) groups excluding carboxylic acids is 1. The van der Waals surface area contributed by atoms with Gasteiger partial charge in [-0.3, -0.25) is 9.69 Å². The van der Waals surface area contributed by atoms with Crippen molar-refractivity contribution in [3.63, 3.8) is 0 Å². The third-order valence-corrected chi connectivity index (χ3v) is 4.38. The average Bonchev–Trinajstić information content (AvgIpc) is 2.54. The van der Waals surface area contributed by atoms with E-state index < -0.39 is 11.7 Å². The minimum atomic E-state index is -4.38. The average molecular weight is 328 g/mol. The Bertz CT molecular complexity index is 514. The fourth-order valence-corrected chi connectivity index (χ4v) is 3.04. The molecule has 23 heavy (non-hydrogen) atoms. The molecule has 0 radical (unpaired) electrons. The van der Waals surface area contributed by atoms with Gasteiger partial charge >= 0.3 is 6.18 Å². The molecule has 1 heterocycles. The lowest BCUT2D eigenvalue weighted by atomic mass is 10.0. The second-order valence-electron chi connectivity index (χ2n) is 5.92. The van der Waals surface area contributed by atoms with Crippen molar-refractivity contribution in [2.45, 2.75) is 44.8 Å². The first-order valence-corrected chi connectivity index (χ1v) is 8.11. The van der Waals surface area contributed by atoms with Crippen LogP contribution in [0.1, 0.15) is 48.5 Å². The van der Waals surface area contributed by atoms with Crippen molar-refractivity contribution >= 4 is 5.91 Å². The lowest BCUT2D eigenvalue weighted by molar-refractivity contribution is -0.137. The van der Waals surface area contributed by atoms with E-state index in [9.17, 15) is 18.0 Å². The molecule has 0 bridgehead atoms. The van der Waals surface area contributed by atoms with Crippen LogP contribution in [0, 0.1) is 0 Å². The second kappa shape index (κ2) is 7.81.